The molecule has 0 aliphatic heterocycles. The van der Waals surface area contributed by atoms with Crippen molar-refractivity contribution in [2.75, 3.05) is 19.0 Å². The van der Waals surface area contributed by atoms with E-state index < -0.39 is 4.92 Å². The third kappa shape index (κ3) is 2.95. The lowest BCUT2D eigenvalue weighted by atomic mass is 10.3. The number of nitro benzene ring substituents is 1. The number of rotatable bonds is 2. The Morgan fingerprint density at radius 2 is 1.69 bits per heavy atom. The summed E-state index contributed by atoms with van der Waals surface area (Å²) < 4.78 is 0. The first-order valence-electron chi connectivity index (χ1n) is 3.53. The molecule has 0 atom stereocenters. The highest BCUT2D eigenvalue weighted by molar-refractivity contribution is 7.59. The lowest BCUT2D eigenvalue weighted by Crippen LogP contribution is -2.08. The zero-order valence-corrected chi connectivity index (χ0v) is 8.52. The molecule has 0 heterocycles. The number of hydrogen-bond acceptors (Lipinski definition) is 3. The van der Waals surface area contributed by atoms with Crippen LogP contribution in [0.2, 0.25) is 0 Å². The van der Waals surface area contributed by atoms with E-state index in [0.717, 1.165) is 5.69 Å². The van der Waals surface area contributed by atoms with Gasteiger partial charge in [0.05, 0.1) is 4.92 Å². The first kappa shape index (κ1) is 11.8. The molecule has 0 aromatic heterocycles. The highest BCUT2D eigenvalue weighted by Crippen LogP contribution is 2.16. The molecule has 0 amide bonds. The molecule has 13 heavy (non-hydrogen) atoms. The first-order chi connectivity index (χ1) is 5.61. The molecule has 4 nitrogen and oxygen atoms in total. The van der Waals surface area contributed by atoms with Gasteiger partial charge in [-0.1, -0.05) is 0 Å². The summed E-state index contributed by atoms with van der Waals surface area (Å²) in [7, 11) is 3.78. The van der Waals surface area contributed by atoms with Crippen molar-refractivity contribution in [2.24, 2.45) is 0 Å². The van der Waals surface area contributed by atoms with E-state index in [4.69, 9.17) is 0 Å². The van der Waals surface area contributed by atoms with Crippen LogP contribution in [0.1, 0.15) is 0 Å². The normalized spacial score (nSPS) is 8.77. The second kappa shape index (κ2) is 4.71. The maximum absolute atomic E-state index is 10.3. The number of hydrogen-bond donors (Lipinski definition) is 0. The Labute approximate surface area is 83.8 Å². The van der Waals surface area contributed by atoms with E-state index in [-0.39, 0.29) is 19.2 Å². The molecular weight excluding hydrogens is 188 g/mol. The molecule has 0 radical (unpaired) electrons. The zero-order chi connectivity index (χ0) is 9.14. The van der Waals surface area contributed by atoms with Gasteiger partial charge in [0.15, 0.2) is 0 Å². The van der Waals surface area contributed by atoms with E-state index in [1.54, 1.807) is 12.1 Å². The fraction of sp³-hybridized carbons (Fsp3) is 0.250. The largest absolute Gasteiger partial charge is 0.378 e. The number of non-ortho nitro benzene ring substituents is 1. The highest BCUT2D eigenvalue weighted by Gasteiger charge is 2.03. The van der Waals surface area contributed by atoms with Crippen molar-refractivity contribution < 1.29 is 4.92 Å². The predicted molar refractivity (Wildman–Crippen MR) is 57.8 cm³/mol. The van der Waals surface area contributed by atoms with Crippen molar-refractivity contribution >= 4 is 24.9 Å². The van der Waals surface area contributed by atoms with Crippen molar-refractivity contribution in [3.63, 3.8) is 0 Å². The van der Waals surface area contributed by atoms with Crippen LogP contribution >= 0.6 is 13.5 Å². The quantitative estimate of drug-likeness (QED) is 0.540. The van der Waals surface area contributed by atoms with Crippen LogP contribution in [0.4, 0.5) is 11.4 Å². The van der Waals surface area contributed by atoms with Gasteiger partial charge in [-0.05, 0) is 12.1 Å². The number of nitro groups is 1. The van der Waals surface area contributed by atoms with Crippen LogP contribution in [0.25, 0.3) is 0 Å². The maximum Gasteiger partial charge on any atom is 0.269 e. The molecule has 0 aliphatic carbocycles. The average molecular weight is 200 g/mol. The van der Waals surface area contributed by atoms with Gasteiger partial charge in [0.25, 0.3) is 5.69 Å². The van der Waals surface area contributed by atoms with Gasteiger partial charge >= 0.3 is 0 Å². The van der Waals surface area contributed by atoms with E-state index in [0.29, 0.717) is 0 Å². The van der Waals surface area contributed by atoms with Crippen molar-refractivity contribution in [2.45, 2.75) is 0 Å². The van der Waals surface area contributed by atoms with Crippen LogP contribution in [0, 0.1) is 10.1 Å². The van der Waals surface area contributed by atoms with Gasteiger partial charge < -0.3 is 4.90 Å². The Kier molecular flexibility index (Phi) is 4.27. The molecule has 0 fully saturated rings. The Morgan fingerprint density at radius 1 is 1.23 bits per heavy atom. The van der Waals surface area contributed by atoms with Crippen molar-refractivity contribution in [1.29, 1.82) is 0 Å². The summed E-state index contributed by atoms with van der Waals surface area (Å²) >= 11 is 0. The predicted octanol–water partition coefficient (Wildman–Crippen LogP) is 1.77. The second-order valence-electron chi connectivity index (χ2n) is 2.67. The lowest BCUT2D eigenvalue weighted by molar-refractivity contribution is -0.384. The smallest absolute Gasteiger partial charge is 0.269 e. The summed E-state index contributed by atoms with van der Waals surface area (Å²) in [6.45, 7) is 0. The Morgan fingerprint density at radius 3 is 2.00 bits per heavy atom. The minimum Gasteiger partial charge on any atom is -0.378 e. The summed E-state index contributed by atoms with van der Waals surface area (Å²) in [5.41, 5.74) is 1.08. The topological polar surface area (TPSA) is 46.4 Å². The molecule has 1 aromatic rings. The van der Waals surface area contributed by atoms with Gasteiger partial charge in [-0.3, -0.25) is 10.1 Å². The Bertz CT molecular complexity index is 285. The molecule has 0 unspecified atom stereocenters. The van der Waals surface area contributed by atoms with Crippen LogP contribution in [-0.2, 0) is 0 Å². The van der Waals surface area contributed by atoms with Crippen LogP contribution < -0.4 is 4.90 Å². The number of nitrogens with zero attached hydrogens (tertiary/aromatic N) is 2. The first-order valence-corrected chi connectivity index (χ1v) is 3.53. The van der Waals surface area contributed by atoms with E-state index >= 15 is 0 Å². The summed E-state index contributed by atoms with van der Waals surface area (Å²) in [5, 5.41) is 10.3. The van der Waals surface area contributed by atoms with Crippen LogP contribution in [-0.4, -0.2) is 19.0 Å². The van der Waals surface area contributed by atoms with Gasteiger partial charge in [-0.25, -0.2) is 0 Å². The fourth-order valence-electron chi connectivity index (χ4n) is 0.872. The van der Waals surface area contributed by atoms with Crippen molar-refractivity contribution in [1.82, 2.24) is 0 Å². The van der Waals surface area contributed by atoms with Gasteiger partial charge in [0, 0.05) is 31.9 Å². The molecule has 0 saturated carbocycles. The van der Waals surface area contributed by atoms with Crippen molar-refractivity contribution in [3.8, 4) is 0 Å². The number of anilines is 1. The molecule has 1 aromatic carbocycles. The minimum atomic E-state index is -0.403. The van der Waals surface area contributed by atoms with Gasteiger partial charge in [0.2, 0.25) is 0 Å². The van der Waals surface area contributed by atoms with Crippen molar-refractivity contribution in [3.05, 3.63) is 34.4 Å². The second-order valence-corrected chi connectivity index (χ2v) is 2.67. The minimum absolute atomic E-state index is 0. The summed E-state index contributed by atoms with van der Waals surface area (Å²) in [5.74, 6) is 0. The summed E-state index contributed by atoms with van der Waals surface area (Å²) in [4.78, 5) is 11.8. The monoisotopic (exact) mass is 200 g/mol. The van der Waals surface area contributed by atoms with E-state index in [9.17, 15) is 10.1 Å². The van der Waals surface area contributed by atoms with Gasteiger partial charge in [-0.15, -0.1) is 0 Å². The molecule has 0 N–H and O–H groups in total. The molecular formula is C8H12N2O2S. The number of benzene rings is 1. The van der Waals surface area contributed by atoms with Crippen LogP contribution in [0.3, 0.4) is 0 Å². The molecule has 72 valence electrons. The molecule has 0 bridgehead atoms. The van der Waals surface area contributed by atoms with Gasteiger partial charge in [-0.2, -0.15) is 13.5 Å². The Hall–Kier alpha value is -1.23. The zero-order valence-electron chi connectivity index (χ0n) is 7.52. The molecule has 1 rings (SSSR count). The standard InChI is InChI=1S/C8H10N2O2.H2S/c1-9(2)7-3-5-8(6-4-7)10(11)12;/h3-6H,1-2H3;1H2. The fourth-order valence-corrected chi connectivity index (χ4v) is 0.872. The third-order valence-electron chi connectivity index (χ3n) is 1.58. The molecule has 0 saturated heterocycles. The summed E-state index contributed by atoms with van der Waals surface area (Å²) in [6, 6.07) is 6.43. The average Bonchev–Trinajstić information content (AvgIpc) is 2.04. The summed E-state index contributed by atoms with van der Waals surface area (Å²) in [6.07, 6.45) is 0. The van der Waals surface area contributed by atoms with Crippen LogP contribution in [0.5, 0.6) is 0 Å². The maximum atomic E-state index is 10.3. The Balaban J connectivity index is 0.00000144. The lowest BCUT2D eigenvalue weighted by Gasteiger charge is -2.10. The molecule has 0 spiro atoms. The van der Waals surface area contributed by atoms with E-state index in [1.807, 2.05) is 19.0 Å². The van der Waals surface area contributed by atoms with E-state index in [1.165, 1.54) is 12.1 Å². The van der Waals surface area contributed by atoms with E-state index in [2.05, 4.69) is 0 Å². The molecule has 5 heteroatoms. The molecule has 0 aliphatic rings. The SMILES string of the molecule is CN(C)c1ccc([N+](=O)[O-])cc1.S. The van der Waals surface area contributed by atoms with Gasteiger partial charge in [0.1, 0.15) is 0 Å². The highest BCUT2D eigenvalue weighted by atomic mass is 32.1. The third-order valence-corrected chi connectivity index (χ3v) is 1.58. The van der Waals surface area contributed by atoms with Crippen LogP contribution in [0.15, 0.2) is 24.3 Å².